The number of unbranched alkanes of at least 4 members (excludes halogenated alkanes) is 8. The third-order valence-electron chi connectivity index (χ3n) is 4.73. The monoisotopic (exact) mass is 428 g/mol. The Morgan fingerprint density at radius 1 is 0.536 bits per heavy atom. The second kappa shape index (κ2) is 15.9. The van der Waals surface area contributed by atoms with E-state index in [1.54, 1.807) is 0 Å². The number of rotatable bonds is 18. The molecule has 0 aromatic rings. The number of hydrogen-bond donors (Lipinski definition) is 0. The van der Waals surface area contributed by atoms with Crippen LogP contribution in [0.25, 0.3) is 0 Å². The van der Waals surface area contributed by atoms with E-state index in [1.807, 2.05) is 0 Å². The van der Waals surface area contributed by atoms with Gasteiger partial charge in [-0.3, -0.25) is 0 Å². The van der Waals surface area contributed by atoms with Gasteiger partial charge in [-0.1, -0.05) is 90.2 Å². The van der Waals surface area contributed by atoms with Crippen molar-refractivity contribution in [2.24, 2.45) is 0 Å². The second-order valence-corrected chi connectivity index (χ2v) is 19.2. The summed E-state index contributed by atoms with van der Waals surface area (Å²) >= 11 is 0. The summed E-state index contributed by atoms with van der Waals surface area (Å²) in [6.45, 7) is 18.4. The van der Waals surface area contributed by atoms with Crippen LogP contribution in [0.3, 0.4) is 0 Å². The molecule has 0 fully saturated rings. The average Bonchev–Trinajstić information content (AvgIpc) is 2.56. The first-order valence-corrected chi connectivity index (χ1v) is 18.9. The van der Waals surface area contributed by atoms with Crippen LogP contribution in [0.15, 0.2) is 12.2 Å². The standard InChI is InChI=1S/C24H52O2Si2/c1-9-11-13-15-16-18-20-24(26-28(6,7)8)22-21-23(25-27(3,4)5)19-17-14-12-10-2/h21-24H,9-20H2,1-8H3/b22-21+/t23-,24+/m0/s1. The Bertz CT molecular complexity index is 383. The van der Waals surface area contributed by atoms with Gasteiger partial charge in [0.25, 0.3) is 0 Å². The summed E-state index contributed by atoms with van der Waals surface area (Å²) in [5.41, 5.74) is 0. The van der Waals surface area contributed by atoms with Crippen LogP contribution < -0.4 is 0 Å². The van der Waals surface area contributed by atoms with Crippen LogP contribution in [0, 0.1) is 0 Å². The molecule has 0 saturated carbocycles. The van der Waals surface area contributed by atoms with Crippen molar-refractivity contribution in [2.75, 3.05) is 0 Å². The fraction of sp³-hybridized carbons (Fsp3) is 0.917. The van der Waals surface area contributed by atoms with Crippen LogP contribution in [0.5, 0.6) is 0 Å². The molecule has 0 radical (unpaired) electrons. The molecule has 2 atom stereocenters. The Morgan fingerprint density at radius 3 is 1.21 bits per heavy atom. The van der Waals surface area contributed by atoms with Crippen LogP contribution in [0.4, 0.5) is 0 Å². The van der Waals surface area contributed by atoms with Gasteiger partial charge in [0, 0.05) is 0 Å². The fourth-order valence-electron chi connectivity index (χ4n) is 3.44. The molecular formula is C24H52O2Si2. The summed E-state index contributed by atoms with van der Waals surface area (Å²) in [6.07, 6.45) is 20.8. The summed E-state index contributed by atoms with van der Waals surface area (Å²) in [5.74, 6) is 0. The molecule has 0 unspecified atom stereocenters. The Morgan fingerprint density at radius 2 is 0.857 bits per heavy atom. The average molecular weight is 429 g/mol. The Kier molecular flexibility index (Phi) is 15.9. The first kappa shape index (κ1) is 28.1. The largest absolute Gasteiger partial charge is 0.411 e. The minimum atomic E-state index is -1.54. The molecule has 28 heavy (non-hydrogen) atoms. The molecule has 0 spiro atoms. The van der Waals surface area contributed by atoms with Gasteiger partial charge in [-0.05, 0) is 52.1 Å². The molecule has 0 heterocycles. The Labute approximate surface area is 180 Å². The lowest BCUT2D eigenvalue weighted by molar-refractivity contribution is 0.210. The van der Waals surface area contributed by atoms with E-state index in [0.717, 1.165) is 12.8 Å². The SMILES string of the molecule is CCCCCCCC[C@H](/C=C/[C@H](CCCCCC)O[Si](C)(C)C)O[Si](C)(C)C. The lowest BCUT2D eigenvalue weighted by Gasteiger charge is -2.27. The van der Waals surface area contributed by atoms with E-state index >= 15 is 0 Å². The van der Waals surface area contributed by atoms with Gasteiger partial charge in [-0.2, -0.15) is 0 Å². The molecule has 0 N–H and O–H groups in total. The normalized spacial score (nSPS) is 15.3. The predicted molar refractivity (Wildman–Crippen MR) is 132 cm³/mol. The van der Waals surface area contributed by atoms with Gasteiger partial charge < -0.3 is 8.85 Å². The van der Waals surface area contributed by atoms with Gasteiger partial charge >= 0.3 is 0 Å². The third-order valence-corrected chi connectivity index (χ3v) is 6.75. The van der Waals surface area contributed by atoms with Crippen molar-refractivity contribution in [1.82, 2.24) is 0 Å². The van der Waals surface area contributed by atoms with E-state index in [-0.39, 0.29) is 12.2 Å². The zero-order valence-corrected chi connectivity index (χ0v) is 22.6. The van der Waals surface area contributed by atoms with E-state index in [1.165, 1.54) is 64.2 Å². The van der Waals surface area contributed by atoms with Gasteiger partial charge in [-0.25, -0.2) is 0 Å². The molecular weight excluding hydrogens is 376 g/mol. The van der Waals surface area contributed by atoms with Crippen LogP contribution in [-0.4, -0.2) is 28.8 Å². The molecule has 0 bridgehead atoms. The first-order chi connectivity index (χ1) is 13.1. The molecule has 0 aliphatic rings. The molecule has 2 nitrogen and oxygen atoms in total. The zero-order chi connectivity index (χ0) is 21.5. The quantitative estimate of drug-likeness (QED) is 0.123. The van der Waals surface area contributed by atoms with Crippen molar-refractivity contribution in [3.8, 4) is 0 Å². The lowest BCUT2D eigenvalue weighted by atomic mass is 10.1. The van der Waals surface area contributed by atoms with Crippen molar-refractivity contribution >= 4 is 16.6 Å². The van der Waals surface area contributed by atoms with E-state index < -0.39 is 16.6 Å². The highest BCUT2D eigenvalue weighted by atomic mass is 28.4. The number of hydrogen-bond acceptors (Lipinski definition) is 2. The Hall–Kier alpha value is 0.0938. The molecule has 0 saturated heterocycles. The maximum atomic E-state index is 6.50. The van der Waals surface area contributed by atoms with Gasteiger partial charge in [0.1, 0.15) is 0 Å². The third kappa shape index (κ3) is 19.4. The van der Waals surface area contributed by atoms with Crippen molar-refractivity contribution in [3.05, 3.63) is 12.2 Å². The molecule has 0 amide bonds. The van der Waals surface area contributed by atoms with E-state index in [4.69, 9.17) is 8.85 Å². The maximum Gasteiger partial charge on any atom is 0.184 e. The topological polar surface area (TPSA) is 18.5 Å². The molecule has 0 aliphatic heterocycles. The van der Waals surface area contributed by atoms with Crippen molar-refractivity contribution < 1.29 is 8.85 Å². The van der Waals surface area contributed by atoms with Gasteiger partial charge in [0.15, 0.2) is 16.6 Å². The predicted octanol–water partition coefficient (Wildman–Crippen LogP) is 8.70. The molecule has 168 valence electrons. The minimum absolute atomic E-state index is 0.265. The molecule has 0 aromatic heterocycles. The smallest absolute Gasteiger partial charge is 0.184 e. The highest BCUT2D eigenvalue weighted by molar-refractivity contribution is 6.70. The van der Waals surface area contributed by atoms with Gasteiger partial charge in [-0.15, -0.1) is 0 Å². The van der Waals surface area contributed by atoms with E-state index in [9.17, 15) is 0 Å². The van der Waals surface area contributed by atoms with Crippen LogP contribution in [-0.2, 0) is 8.85 Å². The summed E-state index contributed by atoms with van der Waals surface area (Å²) in [7, 11) is -3.07. The Balaban J connectivity index is 4.74. The van der Waals surface area contributed by atoms with Crippen LogP contribution in [0.2, 0.25) is 39.3 Å². The lowest BCUT2D eigenvalue weighted by Crippen LogP contribution is -2.33. The van der Waals surface area contributed by atoms with E-state index in [0.29, 0.717) is 0 Å². The van der Waals surface area contributed by atoms with E-state index in [2.05, 4.69) is 65.3 Å². The summed E-state index contributed by atoms with van der Waals surface area (Å²) in [5, 5.41) is 0. The first-order valence-electron chi connectivity index (χ1n) is 12.1. The summed E-state index contributed by atoms with van der Waals surface area (Å²) in [4.78, 5) is 0. The molecule has 0 rings (SSSR count). The molecule has 4 heteroatoms. The summed E-state index contributed by atoms with van der Waals surface area (Å²) in [6, 6.07) is 0. The zero-order valence-electron chi connectivity index (χ0n) is 20.6. The maximum absolute atomic E-state index is 6.50. The second-order valence-electron chi connectivity index (χ2n) is 10.3. The summed E-state index contributed by atoms with van der Waals surface area (Å²) < 4.78 is 13.0. The van der Waals surface area contributed by atoms with Gasteiger partial charge in [0.05, 0.1) is 12.2 Å². The fourth-order valence-corrected chi connectivity index (χ4v) is 5.65. The van der Waals surface area contributed by atoms with Crippen LogP contribution >= 0.6 is 0 Å². The van der Waals surface area contributed by atoms with Crippen molar-refractivity contribution in [1.29, 1.82) is 0 Å². The van der Waals surface area contributed by atoms with Crippen molar-refractivity contribution in [2.45, 2.75) is 142 Å². The van der Waals surface area contributed by atoms with Crippen LogP contribution in [0.1, 0.15) is 90.9 Å². The van der Waals surface area contributed by atoms with Crippen molar-refractivity contribution in [3.63, 3.8) is 0 Å². The van der Waals surface area contributed by atoms with Gasteiger partial charge in [0.2, 0.25) is 0 Å². The highest BCUT2D eigenvalue weighted by Gasteiger charge is 2.22. The molecule has 0 aliphatic carbocycles. The minimum Gasteiger partial charge on any atom is -0.411 e. The highest BCUT2D eigenvalue weighted by Crippen LogP contribution is 2.19. The molecule has 0 aromatic carbocycles.